The van der Waals surface area contributed by atoms with Gasteiger partial charge in [0, 0.05) is 39.3 Å². The van der Waals surface area contributed by atoms with E-state index in [4.69, 9.17) is 0 Å². The molecule has 6 aromatic rings. The zero-order valence-electron chi connectivity index (χ0n) is 24.5. The molecule has 0 saturated carbocycles. The molecule has 44 heavy (non-hydrogen) atoms. The van der Waals surface area contributed by atoms with E-state index in [0.717, 1.165) is 37.8 Å². The summed E-state index contributed by atoms with van der Waals surface area (Å²) in [5.41, 5.74) is 9.37. The smallest absolute Gasteiger partial charge is 0.268 e. The average Bonchev–Trinajstić information content (AvgIpc) is 3.56. The van der Waals surface area contributed by atoms with Crippen molar-refractivity contribution in [3.8, 4) is 11.1 Å². The van der Waals surface area contributed by atoms with Crippen LogP contribution in [0.1, 0.15) is 28.4 Å². The Balaban J connectivity index is 1.49. The van der Waals surface area contributed by atoms with Crippen LogP contribution in [0, 0.1) is 13.8 Å². The highest BCUT2D eigenvalue weighted by molar-refractivity contribution is 9.10. The Labute approximate surface area is 267 Å². The molecule has 0 radical (unpaired) electrons. The van der Waals surface area contributed by atoms with Crippen molar-refractivity contribution in [1.82, 2.24) is 4.57 Å². The Kier molecular flexibility index (Phi) is 7.27. The predicted octanol–water partition coefficient (Wildman–Crippen LogP) is 9.61. The standard InChI is InChI=1S/C38H31BrN2O2S/c1-26-17-21-32(22-18-26)44(42,43)40(31-20-19-27(2)34(39)24-31)25-30-23-36-37(28-11-5-3-6-12-28)33-15-9-10-16-35(33)41(36)38(30)29-13-7-4-8-14-29/h3-22,24-25,38H,23H2,1-2H3/b30-25+. The number of anilines is 1. The van der Waals surface area contributed by atoms with Crippen LogP contribution >= 0.6 is 15.9 Å². The first-order chi connectivity index (χ1) is 21.3. The summed E-state index contributed by atoms with van der Waals surface area (Å²) in [4.78, 5) is 0.251. The molecule has 0 fully saturated rings. The summed E-state index contributed by atoms with van der Waals surface area (Å²) in [5, 5.41) is 1.19. The lowest BCUT2D eigenvalue weighted by Crippen LogP contribution is -2.27. The number of halogens is 1. The van der Waals surface area contributed by atoms with Crippen LogP contribution in [0.2, 0.25) is 0 Å². The molecule has 7 rings (SSSR count). The number of benzene rings is 5. The van der Waals surface area contributed by atoms with E-state index < -0.39 is 10.0 Å². The summed E-state index contributed by atoms with van der Waals surface area (Å²) in [6.45, 7) is 3.95. The van der Waals surface area contributed by atoms with Gasteiger partial charge in [0.05, 0.1) is 16.6 Å². The highest BCUT2D eigenvalue weighted by Gasteiger charge is 2.35. The van der Waals surface area contributed by atoms with Crippen molar-refractivity contribution in [2.75, 3.05) is 4.31 Å². The van der Waals surface area contributed by atoms with Crippen molar-refractivity contribution in [1.29, 1.82) is 0 Å². The molecule has 1 aliphatic heterocycles. The molecule has 4 nitrogen and oxygen atoms in total. The van der Waals surface area contributed by atoms with Gasteiger partial charge in [0.15, 0.2) is 0 Å². The van der Waals surface area contributed by atoms with Crippen molar-refractivity contribution >= 4 is 42.5 Å². The van der Waals surface area contributed by atoms with Crippen LogP contribution in [0.5, 0.6) is 0 Å². The number of fused-ring (bicyclic) bond motifs is 3. The number of para-hydroxylation sites is 1. The van der Waals surface area contributed by atoms with Crippen LogP contribution < -0.4 is 4.31 Å². The SMILES string of the molecule is Cc1ccc(S(=O)(=O)N(/C=C2\Cc3c(-c4ccccc4)c4ccccc4n3C2c2ccccc2)c2ccc(C)c(Br)c2)cc1. The van der Waals surface area contributed by atoms with Gasteiger partial charge in [-0.25, -0.2) is 12.7 Å². The van der Waals surface area contributed by atoms with Crippen molar-refractivity contribution in [2.45, 2.75) is 31.2 Å². The minimum atomic E-state index is -3.94. The maximum Gasteiger partial charge on any atom is 0.268 e. The fourth-order valence-electron chi connectivity index (χ4n) is 6.26. The number of nitrogens with zero attached hydrogens (tertiary/aromatic N) is 2. The molecule has 0 bridgehead atoms. The van der Waals surface area contributed by atoms with Gasteiger partial charge in [-0.3, -0.25) is 0 Å². The van der Waals surface area contributed by atoms with Gasteiger partial charge >= 0.3 is 0 Å². The molecule has 5 aromatic carbocycles. The van der Waals surface area contributed by atoms with Crippen LogP contribution in [-0.4, -0.2) is 13.0 Å². The average molecular weight is 660 g/mol. The van der Waals surface area contributed by atoms with E-state index in [0.29, 0.717) is 12.1 Å². The van der Waals surface area contributed by atoms with Crippen LogP contribution in [0.15, 0.2) is 149 Å². The summed E-state index contributed by atoms with van der Waals surface area (Å²) in [7, 11) is -3.94. The van der Waals surface area contributed by atoms with Gasteiger partial charge in [-0.15, -0.1) is 0 Å². The first-order valence-corrected chi connectivity index (χ1v) is 16.9. The van der Waals surface area contributed by atoms with Crippen molar-refractivity contribution < 1.29 is 8.42 Å². The third-order valence-corrected chi connectivity index (χ3v) is 11.0. The van der Waals surface area contributed by atoms with Crippen molar-refractivity contribution in [3.05, 3.63) is 166 Å². The monoisotopic (exact) mass is 658 g/mol. The number of hydrogen-bond donors (Lipinski definition) is 0. The van der Waals surface area contributed by atoms with Gasteiger partial charge in [-0.05, 0) is 66.4 Å². The van der Waals surface area contributed by atoms with Crippen LogP contribution in [-0.2, 0) is 16.4 Å². The fourth-order valence-corrected chi connectivity index (χ4v) is 8.00. The topological polar surface area (TPSA) is 42.3 Å². The maximum absolute atomic E-state index is 14.4. The van der Waals surface area contributed by atoms with Crippen LogP contribution in [0.3, 0.4) is 0 Å². The molecular weight excluding hydrogens is 628 g/mol. The molecular formula is C38H31BrN2O2S. The van der Waals surface area contributed by atoms with Gasteiger partial charge in [0.25, 0.3) is 10.0 Å². The van der Waals surface area contributed by atoms with E-state index in [-0.39, 0.29) is 10.9 Å². The molecule has 1 unspecified atom stereocenters. The summed E-state index contributed by atoms with van der Waals surface area (Å²) in [6, 6.07) is 42.0. The highest BCUT2D eigenvalue weighted by Crippen LogP contribution is 2.47. The van der Waals surface area contributed by atoms with Gasteiger partial charge in [-0.2, -0.15) is 0 Å². The number of sulfonamides is 1. The number of rotatable bonds is 6. The number of aryl methyl sites for hydroxylation is 2. The number of aromatic nitrogens is 1. The van der Waals surface area contributed by atoms with Crippen LogP contribution in [0.25, 0.3) is 22.0 Å². The van der Waals surface area contributed by atoms with E-state index in [2.05, 4.69) is 81.2 Å². The molecule has 6 heteroatoms. The molecule has 1 aliphatic rings. The Morgan fingerprint density at radius 2 is 1.45 bits per heavy atom. The van der Waals surface area contributed by atoms with E-state index in [1.807, 2.05) is 74.6 Å². The molecule has 0 spiro atoms. The van der Waals surface area contributed by atoms with Gasteiger partial charge < -0.3 is 4.57 Å². The zero-order chi connectivity index (χ0) is 30.4. The normalized spacial score (nSPS) is 15.5. The molecule has 1 aromatic heterocycles. The van der Waals surface area contributed by atoms with Crippen molar-refractivity contribution in [2.24, 2.45) is 0 Å². The molecule has 0 aliphatic carbocycles. The Morgan fingerprint density at radius 1 is 0.795 bits per heavy atom. The molecule has 1 atom stereocenters. The molecule has 218 valence electrons. The Bertz CT molecular complexity index is 2140. The lowest BCUT2D eigenvalue weighted by Gasteiger charge is -2.25. The summed E-state index contributed by atoms with van der Waals surface area (Å²) in [6.07, 6.45) is 2.46. The van der Waals surface area contributed by atoms with E-state index >= 15 is 0 Å². The highest BCUT2D eigenvalue weighted by atomic mass is 79.9. The van der Waals surface area contributed by atoms with Crippen molar-refractivity contribution in [3.63, 3.8) is 0 Å². The summed E-state index contributed by atoms with van der Waals surface area (Å²) in [5.74, 6) is 0. The lowest BCUT2D eigenvalue weighted by atomic mass is 9.95. The minimum absolute atomic E-state index is 0.182. The summed E-state index contributed by atoms with van der Waals surface area (Å²) < 4.78 is 33.6. The Hall–Kier alpha value is -4.39. The third kappa shape index (κ3) is 4.88. The first-order valence-electron chi connectivity index (χ1n) is 14.6. The van der Waals surface area contributed by atoms with Gasteiger partial charge in [0.1, 0.15) is 0 Å². The fraction of sp³-hybridized carbons (Fsp3) is 0.105. The van der Waals surface area contributed by atoms with E-state index in [1.54, 1.807) is 12.1 Å². The molecule has 0 saturated heterocycles. The largest absolute Gasteiger partial charge is 0.332 e. The third-order valence-electron chi connectivity index (χ3n) is 8.44. The Morgan fingerprint density at radius 3 is 2.16 bits per heavy atom. The first kappa shape index (κ1) is 28.4. The van der Waals surface area contributed by atoms with Crippen LogP contribution in [0.4, 0.5) is 5.69 Å². The second-order valence-corrected chi connectivity index (χ2v) is 14.0. The van der Waals surface area contributed by atoms with E-state index in [1.165, 1.54) is 20.9 Å². The predicted molar refractivity (Wildman–Crippen MR) is 183 cm³/mol. The second kappa shape index (κ2) is 11.3. The zero-order valence-corrected chi connectivity index (χ0v) is 26.9. The van der Waals surface area contributed by atoms with Gasteiger partial charge in [0.2, 0.25) is 0 Å². The number of allylic oxidation sites excluding steroid dienone is 1. The molecule has 0 N–H and O–H groups in total. The second-order valence-electron chi connectivity index (χ2n) is 11.3. The van der Waals surface area contributed by atoms with E-state index in [9.17, 15) is 8.42 Å². The molecule has 0 amide bonds. The molecule has 2 heterocycles. The lowest BCUT2D eigenvalue weighted by molar-refractivity contribution is 0.595. The minimum Gasteiger partial charge on any atom is -0.332 e. The summed E-state index contributed by atoms with van der Waals surface area (Å²) >= 11 is 3.64. The van der Waals surface area contributed by atoms with Gasteiger partial charge in [-0.1, -0.05) is 119 Å². The number of hydrogen-bond acceptors (Lipinski definition) is 2. The quantitative estimate of drug-likeness (QED) is 0.179. The maximum atomic E-state index is 14.4.